The molecular weight excluding hydrogens is 246 g/mol. The van der Waals surface area contributed by atoms with Gasteiger partial charge in [-0.2, -0.15) is 0 Å². The van der Waals surface area contributed by atoms with Crippen LogP contribution in [0.1, 0.15) is 29.2 Å². The van der Waals surface area contributed by atoms with Crippen LogP contribution in [-0.2, 0) is 17.6 Å². The van der Waals surface area contributed by atoms with Gasteiger partial charge in [0.05, 0.1) is 12.7 Å². The third-order valence-electron chi connectivity index (χ3n) is 4.43. The van der Waals surface area contributed by atoms with Crippen molar-refractivity contribution in [2.45, 2.75) is 31.4 Å². The minimum atomic E-state index is 0.242. The molecular formula is C18H19NO. The van der Waals surface area contributed by atoms with E-state index in [4.69, 9.17) is 4.74 Å². The monoisotopic (exact) mass is 265 g/mol. The summed E-state index contributed by atoms with van der Waals surface area (Å²) in [7, 11) is 0. The highest BCUT2D eigenvalue weighted by molar-refractivity contribution is 5.56. The molecule has 2 aromatic carbocycles. The van der Waals surface area contributed by atoms with Crippen molar-refractivity contribution < 1.29 is 4.74 Å². The predicted octanol–water partition coefficient (Wildman–Crippen LogP) is 3.73. The summed E-state index contributed by atoms with van der Waals surface area (Å²) in [6.07, 6.45) is 3.45. The van der Waals surface area contributed by atoms with Crippen LogP contribution < -0.4 is 5.32 Å². The number of rotatable bonds is 2. The standard InChI is InChI=1S/C18H19NO/c1-3-7-16-13(5-1)9-10-20-18(16)12-15-11-14-6-2-4-8-17(14)19-15/h1-8,15,18-19H,9-12H2. The molecule has 0 amide bonds. The van der Waals surface area contributed by atoms with Crippen LogP contribution in [0, 0.1) is 0 Å². The first-order chi connectivity index (χ1) is 9.90. The van der Waals surface area contributed by atoms with Gasteiger partial charge >= 0.3 is 0 Å². The summed E-state index contributed by atoms with van der Waals surface area (Å²) in [5.74, 6) is 0. The van der Waals surface area contributed by atoms with Crippen LogP contribution in [0.15, 0.2) is 48.5 Å². The molecule has 2 heteroatoms. The fourth-order valence-corrected chi connectivity index (χ4v) is 3.45. The molecule has 2 aromatic rings. The second kappa shape index (κ2) is 4.95. The van der Waals surface area contributed by atoms with Gasteiger partial charge in [0.15, 0.2) is 0 Å². The van der Waals surface area contributed by atoms with Crippen molar-refractivity contribution in [1.82, 2.24) is 0 Å². The lowest BCUT2D eigenvalue weighted by Crippen LogP contribution is -2.24. The average Bonchev–Trinajstić information content (AvgIpc) is 2.90. The van der Waals surface area contributed by atoms with Crippen LogP contribution >= 0.6 is 0 Å². The van der Waals surface area contributed by atoms with Crippen LogP contribution in [0.2, 0.25) is 0 Å². The van der Waals surface area contributed by atoms with Crippen LogP contribution in [0.4, 0.5) is 5.69 Å². The Morgan fingerprint density at radius 2 is 1.80 bits per heavy atom. The summed E-state index contributed by atoms with van der Waals surface area (Å²) in [5, 5.41) is 3.63. The maximum atomic E-state index is 6.03. The van der Waals surface area contributed by atoms with Crippen LogP contribution in [0.25, 0.3) is 0 Å². The van der Waals surface area contributed by atoms with Gasteiger partial charge in [-0.1, -0.05) is 42.5 Å². The second-order valence-electron chi connectivity index (χ2n) is 5.75. The largest absolute Gasteiger partial charge is 0.382 e. The Bertz CT molecular complexity index is 597. The Labute approximate surface area is 119 Å². The molecule has 0 saturated carbocycles. The molecule has 0 aromatic heterocycles. The van der Waals surface area contributed by atoms with Crippen LogP contribution in [-0.4, -0.2) is 12.6 Å². The Balaban J connectivity index is 1.52. The summed E-state index contributed by atoms with van der Waals surface area (Å²) in [4.78, 5) is 0. The van der Waals surface area contributed by atoms with Crippen molar-refractivity contribution in [1.29, 1.82) is 0 Å². The van der Waals surface area contributed by atoms with E-state index in [1.165, 1.54) is 22.4 Å². The molecule has 0 saturated heterocycles. The number of benzene rings is 2. The van der Waals surface area contributed by atoms with Gasteiger partial charge in [0.1, 0.15) is 0 Å². The highest BCUT2D eigenvalue weighted by Crippen LogP contribution is 2.34. The second-order valence-corrected chi connectivity index (χ2v) is 5.75. The van der Waals surface area contributed by atoms with Crippen molar-refractivity contribution in [3.8, 4) is 0 Å². The zero-order valence-corrected chi connectivity index (χ0v) is 11.5. The van der Waals surface area contributed by atoms with Gasteiger partial charge in [-0.25, -0.2) is 0 Å². The highest BCUT2D eigenvalue weighted by Gasteiger charge is 2.27. The van der Waals surface area contributed by atoms with Crippen molar-refractivity contribution in [3.05, 3.63) is 65.2 Å². The zero-order valence-electron chi connectivity index (χ0n) is 11.5. The van der Waals surface area contributed by atoms with E-state index in [0.717, 1.165) is 25.9 Å². The Hall–Kier alpha value is -1.80. The third kappa shape index (κ3) is 2.10. The predicted molar refractivity (Wildman–Crippen MR) is 81.0 cm³/mol. The van der Waals surface area contributed by atoms with Crippen LogP contribution in [0.3, 0.4) is 0 Å². The highest BCUT2D eigenvalue weighted by atomic mass is 16.5. The zero-order chi connectivity index (χ0) is 13.4. The number of nitrogens with one attached hydrogen (secondary N) is 1. The van der Waals surface area contributed by atoms with E-state index in [1.54, 1.807) is 0 Å². The fraction of sp³-hybridized carbons (Fsp3) is 0.333. The van der Waals surface area contributed by atoms with Gasteiger partial charge in [-0.05, 0) is 42.0 Å². The van der Waals surface area contributed by atoms with Gasteiger partial charge in [0, 0.05) is 11.7 Å². The van der Waals surface area contributed by atoms with E-state index >= 15 is 0 Å². The molecule has 0 radical (unpaired) electrons. The lowest BCUT2D eigenvalue weighted by atomic mass is 9.93. The Kier molecular flexibility index (Phi) is 2.96. The SMILES string of the molecule is c1ccc2c(c1)CC(CC1OCCc3ccccc31)N2. The molecule has 2 aliphatic rings. The number of anilines is 1. The molecule has 0 spiro atoms. The number of fused-ring (bicyclic) bond motifs is 2. The fourth-order valence-electron chi connectivity index (χ4n) is 3.45. The summed E-state index contributed by atoms with van der Waals surface area (Å²) in [6, 6.07) is 17.8. The minimum absolute atomic E-state index is 0.242. The van der Waals surface area contributed by atoms with E-state index in [0.29, 0.717) is 6.04 Å². The Morgan fingerprint density at radius 3 is 2.70 bits per heavy atom. The van der Waals surface area contributed by atoms with Crippen molar-refractivity contribution in [2.75, 3.05) is 11.9 Å². The van der Waals surface area contributed by atoms with Gasteiger partial charge < -0.3 is 10.1 Å². The van der Waals surface area contributed by atoms with E-state index in [2.05, 4.69) is 53.8 Å². The first-order valence-electron chi connectivity index (χ1n) is 7.44. The molecule has 0 bridgehead atoms. The van der Waals surface area contributed by atoms with Crippen molar-refractivity contribution in [2.24, 2.45) is 0 Å². The van der Waals surface area contributed by atoms with Gasteiger partial charge in [0.25, 0.3) is 0 Å². The molecule has 2 unspecified atom stereocenters. The lowest BCUT2D eigenvalue weighted by Gasteiger charge is -2.28. The smallest absolute Gasteiger partial charge is 0.0847 e. The number of para-hydroxylation sites is 1. The van der Waals surface area contributed by atoms with Gasteiger partial charge in [-0.3, -0.25) is 0 Å². The van der Waals surface area contributed by atoms with Gasteiger partial charge in [0.2, 0.25) is 0 Å². The maximum Gasteiger partial charge on any atom is 0.0847 e. The molecule has 102 valence electrons. The van der Waals surface area contributed by atoms with Crippen molar-refractivity contribution in [3.63, 3.8) is 0 Å². The molecule has 2 heterocycles. The normalized spacial score (nSPS) is 23.8. The van der Waals surface area contributed by atoms with E-state index in [1.807, 2.05) is 0 Å². The van der Waals surface area contributed by atoms with E-state index in [-0.39, 0.29) is 6.10 Å². The third-order valence-corrected chi connectivity index (χ3v) is 4.43. The summed E-state index contributed by atoms with van der Waals surface area (Å²) in [6.45, 7) is 0.849. The number of hydrogen-bond acceptors (Lipinski definition) is 2. The van der Waals surface area contributed by atoms with E-state index in [9.17, 15) is 0 Å². The quantitative estimate of drug-likeness (QED) is 0.893. The summed E-state index contributed by atoms with van der Waals surface area (Å²) in [5.41, 5.74) is 5.57. The summed E-state index contributed by atoms with van der Waals surface area (Å²) < 4.78 is 6.03. The Morgan fingerprint density at radius 1 is 1.00 bits per heavy atom. The topological polar surface area (TPSA) is 21.3 Å². The number of hydrogen-bond donors (Lipinski definition) is 1. The first kappa shape index (κ1) is 12.0. The minimum Gasteiger partial charge on any atom is -0.382 e. The average molecular weight is 265 g/mol. The van der Waals surface area contributed by atoms with Crippen LogP contribution in [0.5, 0.6) is 0 Å². The molecule has 2 aliphatic heterocycles. The summed E-state index contributed by atoms with van der Waals surface area (Å²) >= 11 is 0. The molecule has 4 rings (SSSR count). The first-order valence-corrected chi connectivity index (χ1v) is 7.44. The lowest BCUT2D eigenvalue weighted by molar-refractivity contribution is 0.0337. The molecule has 0 fully saturated rings. The molecule has 2 atom stereocenters. The molecule has 1 N–H and O–H groups in total. The molecule has 2 nitrogen and oxygen atoms in total. The molecule has 20 heavy (non-hydrogen) atoms. The molecule has 0 aliphatic carbocycles. The van der Waals surface area contributed by atoms with E-state index < -0.39 is 0 Å². The maximum absolute atomic E-state index is 6.03. The van der Waals surface area contributed by atoms with Gasteiger partial charge in [-0.15, -0.1) is 0 Å². The number of ether oxygens (including phenoxy) is 1. The van der Waals surface area contributed by atoms with Crippen molar-refractivity contribution >= 4 is 5.69 Å².